The van der Waals surface area contributed by atoms with Crippen LogP contribution in [0.4, 0.5) is 4.79 Å². The predicted octanol–water partition coefficient (Wildman–Crippen LogP) is 7.70. The lowest BCUT2D eigenvalue weighted by molar-refractivity contribution is -0.349. The molecule has 2 aliphatic heterocycles. The summed E-state index contributed by atoms with van der Waals surface area (Å²) in [5.41, 5.74) is 3.49. The first-order valence-corrected chi connectivity index (χ1v) is 22.8. The molecule has 14 nitrogen and oxygen atoms in total. The van der Waals surface area contributed by atoms with Crippen LogP contribution in [0.15, 0.2) is 146 Å². The van der Waals surface area contributed by atoms with Gasteiger partial charge in [0.05, 0.1) is 46.8 Å². The monoisotopic (exact) mass is 981 g/mol. The minimum absolute atomic E-state index is 0.0659. The number of alkyl carbamates (subject to hydrolysis) is 1. The van der Waals surface area contributed by atoms with Gasteiger partial charge in [0.2, 0.25) is 10.1 Å². The highest BCUT2D eigenvalue weighted by molar-refractivity contribution is 6.67. The Labute approximate surface area is 404 Å². The molecule has 0 radical (unpaired) electrons. The lowest BCUT2D eigenvalue weighted by atomic mass is 9.95. The number of methoxy groups -OCH3 is 1. The van der Waals surface area contributed by atoms with Crippen LogP contribution in [0.5, 0.6) is 11.5 Å². The van der Waals surface area contributed by atoms with Crippen molar-refractivity contribution in [2.45, 2.75) is 91.6 Å². The van der Waals surface area contributed by atoms with E-state index in [-0.39, 0.29) is 39.6 Å². The molecule has 2 heterocycles. The number of aliphatic hydroxyl groups is 2. The van der Waals surface area contributed by atoms with Crippen LogP contribution in [0.1, 0.15) is 22.3 Å². The minimum Gasteiger partial charge on any atom is -0.497 e. The zero-order valence-corrected chi connectivity index (χ0v) is 38.9. The molecule has 0 bridgehead atoms. The van der Waals surface area contributed by atoms with E-state index in [4.69, 9.17) is 82.2 Å². The summed E-state index contributed by atoms with van der Waals surface area (Å²) in [5.74, 6) is 1.08. The fourth-order valence-electron chi connectivity index (χ4n) is 7.51. The third-order valence-corrected chi connectivity index (χ3v) is 11.2. The van der Waals surface area contributed by atoms with E-state index in [1.165, 1.54) is 0 Å². The lowest BCUT2D eigenvalue weighted by Crippen LogP contribution is -2.68. The summed E-state index contributed by atoms with van der Waals surface area (Å²) in [4.78, 5) is 13.3. The number of rotatable bonds is 21. The largest absolute Gasteiger partial charge is 0.497 e. The molecule has 1 amide bonds. The number of halogens is 3. The van der Waals surface area contributed by atoms with Crippen molar-refractivity contribution in [3.8, 4) is 11.5 Å². The van der Waals surface area contributed by atoms with Crippen LogP contribution >= 0.6 is 34.8 Å². The van der Waals surface area contributed by atoms with Crippen LogP contribution in [-0.4, -0.2) is 108 Å². The molecule has 0 unspecified atom stereocenters. The Morgan fingerprint density at radius 3 is 1.55 bits per heavy atom. The summed E-state index contributed by atoms with van der Waals surface area (Å²) < 4.78 is 61.5. The number of benzene rings is 5. The number of aliphatic hydroxyl groups excluding tert-OH is 2. The topological polar surface area (TPSA) is 162 Å². The summed E-state index contributed by atoms with van der Waals surface area (Å²) in [6, 6.07) is 43.7. The van der Waals surface area contributed by atoms with Crippen molar-refractivity contribution in [2.75, 3.05) is 26.9 Å². The van der Waals surface area contributed by atoms with Gasteiger partial charge < -0.3 is 62.9 Å². The van der Waals surface area contributed by atoms with E-state index in [2.05, 4.69) is 5.32 Å². The smallest absolute Gasteiger partial charge is 0.407 e. The van der Waals surface area contributed by atoms with Crippen molar-refractivity contribution in [3.05, 3.63) is 168 Å². The maximum Gasteiger partial charge on any atom is 0.407 e. The molecule has 2 aliphatic rings. The molecule has 5 aromatic carbocycles. The van der Waals surface area contributed by atoms with Gasteiger partial charge in [-0.1, -0.05) is 156 Å². The molecule has 0 spiro atoms. The Kier molecular flexibility index (Phi) is 18.9. The first-order valence-electron chi connectivity index (χ1n) is 21.7. The highest BCUT2D eigenvalue weighted by atomic mass is 35.6. The van der Waals surface area contributed by atoms with E-state index in [0.29, 0.717) is 11.5 Å². The quantitative estimate of drug-likeness (QED) is 0.0615. The van der Waals surface area contributed by atoms with Crippen LogP contribution in [0.25, 0.3) is 0 Å². The molecule has 5 aromatic rings. The number of amides is 1. The zero-order valence-electron chi connectivity index (χ0n) is 36.6. The molecule has 3 N–H and O–H groups in total. The summed E-state index contributed by atoms with van der Waals surface area (Å²) in [6.45, 7) is -0.249. The first kappa shape index (κ1) is 50.4. The van der Waals surface area contributed by atoms with Crippen LogP contribution in [-0.2, 0) is 64.3 Å². The molecule has 67 heavy (non-hydrogen) atoms. The molecular weight excluding hydrogens is 929 g/mol. The molecule has 0 aliphatic carbocycles. The van der Waals surface area contributed by atoms with Gasteiger partial charge in [0, 0.05) is 0 Å². The van der Waals surface area contributed by atoms with Gasteiger partial charge in [-0.2, -0.15) is 0 Å². The third-order valence-electron chi connectivity index (χ3n) is 10.9. The van der Waals surface area contributed by atoms with Crippen molar-refractivity contribution in [1.82, 2.24) is 5.32 Å². The molecule has 2 fully saturated rings. The van der Waals surface area contributed by atoms with Crippen molar-refractivity contribution in [2.24, 2.45) is 0 Å². The van der Waals surface area contributed by atoms with Crippen molar-refractivity contribution < 1.29 is 62.4 Å². The number of carbonyl (C=O) groups is 1. The average Bonchev–Trinajstić information content (AvgIpc) is 3.34. The highest BCUT2D eigenvalue weighted by Gasteiger charge is 2.54. The van der Waals surface area contributed by atoms with Crippen LogP contribution < -0.4 is 14.8 Å². The van der Waals surface area contributed by atoms with E-state index in [0.717, 1.165) is 22.3 Å². The van der Waals surface area contributed by atoms with E-state index in [1.807, 2.05) is 121 Å². The molecule has 358 valence electrons. The van der Waals surface area contributed by atoms with Gasteiger partial charge in [0.25, 0.3) is 0 Å². The molecule has 17 heteroatoms. The zero-order chi connectivity index (χ0) is 47.0. The average molecular weight is 983 g/mol. The van der Waals surface area contributed by atoms with E-state index < -0.39 is 77.8 Å². The second-order valence-electron chi connectivity index (χ2n) is 15.8. The molecular formula is C50H54Cl3NO13. The Morgan fingerprint density at radius 2 is 1.04 bits per heavy atom. The number of ether oxygens (including phenoxy) is 10. The van der Waals surface area contributed by atoms with Gasteiger partial charge in [-0.15, -0.1) is 0 Å². The number of alkyl halides is 3. The number of hydrogen-bond acceptors (Lipinski definition) is 13. The Balaban J connectivity index is 1.25. The molecule has 10 atom stereocenters. The highest BCUT2D eigenvalue weighted by Crippen LogP contribution is 2.35. The summed E-state index contributed by atoms with van der Waals surface area (Å²) >= 11 is 17.7. The summed E-state index contributed by atoms with van der Waals surface area (Å²) in [6.07, 6.45) is -12.3. The second kappa shape index (κ2) is 25.2. The molecule has 7 rings (SSSR count). The maximum absolute atomic E-state index is 13.3. The second-order valence-corrected chi connectivity index (χ2v) is 18.4. The Hall–Kier alpha value is -4.52. The lowest BCUT2D eigenvalue weighted by Gasteiger charge is -2.49. The predicted molar refractivity (Wildman–Crippen MR) is 249 cm³/mol. The normalized spacial score (nSPS) is 25.2. The minimum atomic E-state index is -1.94. The van der Waals surface area contributed by atoms with E-state index in [1.54, 1.807) is 31.4 Å². The van der Waals surface area contributed by atoms with Gasteiger partial charge in [0.1, 0.15) is 66.9 Å². The van der Waals surface area contributed by atoms with Gasteiger partial charge in [-0.3, -0.25) is 0 Å². The van der Waals surface area contributed by atoms with Crippen molar-refractivity contribution in [3.63, 3.8) is 0 Å². The standard InChI is InChI=1S/C50H54Cl3NO13/c1-58-37-22-24-38(25-23-37)64-48-46(62-29-36-20-12-5-13-21-36)45(61-28-35-18-10-4-11-19-35)44(40(66-48)31-60-27-34-16-8-3-9-17-34)67-47-41(54-49(57)63-32-50(51,52)53)43(56)42(55)39(65-47)30-59-26-33-14-6-2-7-15-33/h2-25,39-48,55-56H,26-32H2,1H3,(H,54,57)/t39-,40-,41-,42+,43-,44-,45+,46-,47+,48-/m1/s1. The number of nitrogens with one attached hydrogen (secondary N) is 1. The first-order chi connectivity index (χ1) is 32.5. The van der Waals surface area contributed by atoms with Crippen molar-refractivity contribution >= 4 is 40.9 Å². The van der Waals surface area contributed by atoms with Gasteiger partial charge in [-0.05, 0) is 46.5 Å². The fraction of sp³-hybridized carbons (Fsp3) is 0.380. The Bertz CT molecular complexity index is 2200. The Morgan fingerprint density at radius 1 is 0.582 bits per heavy atom. The van der Waals surface area contributed by atoms with E-state index in [9.17, 15) is 15.0 Å². The number of carbonyl (C=O) groups excluding carboxylic acids is 1. The summed E-state index contributed by atoms with van der Waals surface area (Å²) in [5, 5.41) is 25.8. The maximum atomic E-state index is 13.3. The number of hydrogen-bond donors (Lipinski definition) is 3. The molecule has 0 aromatic heterocycles. The summed E-state index contributed by atoms with van der Waals surface area (Å²) in [7, 11) is 1.57. The van der Waals surface area contributed by atoms with Gasteiger partial charge in [0.15, 0.2) is 6.29 Å². The van der Waals surface area contributed by atoms with Gasteiger partial charge >= 0.3 is 6.09 Å². The van der Waals surface area contributed by atoms with E-state index >= 15 is 0 Å². The SMILES string of the molecule is COc1ccc(O[C@@H]2O[C@H](COCc3ccccc3)[C@@H](O[C@@H]3O[C@H](COCc4ccccc4)[C@H](O)[C@H](O)[C@H]3NC(=O)OCC(Cl)(Cl)Cl)[C@H](OCc3ccccc3)[C@H]2OCc2ccccc2)cc1. The molecule has 2 saturated heterocycles. The fourth-order valence-corrected chi connectivity index (χ4v) is 7.68. The third kappa shape index (κ3) is 15.2. The van der Waals surface area contributed by atoms with Crippen LogP contribution in [0.3, 0.4) is 0 Å². The molecule has 0 saturated carbocycles. The van der Waals surface area contributed by atoms with Gasteiger partial charge in [-0.25, -0.2) is 4.79 Å². The van der Waals surface area contributed by atoms with Crippen molar-refractivity contribution in [1.29, 1.82) is 0 Å². The van der Waals surface area contributed by atoms with Crippen LogP contribution in [0.2, 0.25) is 0 Å². The van der Waals surface area contributed by atoms with Crippen LogP contribution in [0, 0.1) is 0 Å².